The first-order valence-electron chi connectivity index (χ1n) is 9.91. The Labute approximate surface area is 187 Å². The quantitative estimate of drug-likeness (QED) is 0.491. The number of hydroxylamine groups is 1. The molecule has 1 atom stereocenters. The summed E-state index contributed by atoms with van der Waals surface area (Å²) in [4.78, 5) is 28.2. The molecule has 0 radical (unpaired) electrons. The first-order chi connectivity index (χ1) is 15.3. The van der Waals surface area contributed by atoms with Crippen LogP contribution in [0.4, 0.5) is 4.79 Å². The van der Waals surface area contributed by atoms with Crippen molar-refractivity contribution in [3.05, 3.63) is 60.2 Å². The minimum atomic E-state index is -4.05. The summed E-state index contributed by atoms with van der Waals surface area (Å²) in [6.45, 7) is 0.167. The van der Waals surface area contributed by atoms with E-state index in [1.165, 1.54) is 46.7 Å². The van der Waals surface area contributed by atoms with Gasteiger partial charge in [-0.2, -0.15) is 4.31 Å². The van der Waals surface area contributed by atoms with Gasteiger partial charge in [0.25, 0.3) is 5.91 Å². The van der Waals surface area contributed by atoms with Gasteiger partial charge in [-0.1, -0.05) is 30.3 Å². The number of nitrogens with zero attached hydrogens (tertiary/aromatic N) is 3. The van der Waals surface area contributed by atoms with Crippen LogP contribution in [-0.2, 0) is 21.4 Å². The van der Waals surface area contributed by atoms with Crippen molar-refractivity contribution in [2.24, 2.45) is 0 Å². The molecule has 0 unspecified atom stereocenters. The predicted octanol–water partition coefficient (Wildman–Crippen LogP) is 1.13. The highest BCUT2D eigenvalue weighted by Crippen LogP contribution is 2.24. The second-order valence-corrected chi connectivity index (χ2v) is 9.24. The molecular weight excluding hydrogens is 436 g/mol. The molecule has 172 valence electrons. The van der Waals surface area contributed by atoms with Crippen molar-refractivity contribution in [1.29, 1.82) is 0 Å². The Morgan fingerprint density at radius 3 is 2.38 bits per heavy atom. The van der Waals surface area contributed by atoms with Crippen LogP contribution in [0.25, 0.3) is 0 Å². The minimum absolute atomic E-state index is 0.0185. The molecule has 0 spiro atoms. The summed E-state index contributed by atoms with van der Waals surface area (Å²) in [7, 11) is -0.951. The monoisotopic (exact) mass is 462 g/mol. The van der Waals surface area contributed by atoms with E-state index in [4.69, 9.17) is 4.74 Å². The molecule has 2 aromatic carbocycles. The normalized spacial score (nSPS) is 17.0. The molecule has 0 aliphatic carbocycles. The third-order valence-corrected chi connectivity index (χ3v) is 7.19. The van der Waals surface area contributed by atoms with Gasteiger partial charge in [0.05, 0.1) is 12.0 Å². The molecule has 2 aromatic rings. The van der Waals surface area contributed by atoms with Crippen molar-refractivity contribution in [3.63, 3.8) is 0 Å². The lowest BCUT2D eigenvalue weighted by molar-refractivity contribution is -0.134. The van der Waals surface area contributed by atoms with Gasteiger partial charge in [0.2, 0.25) is 10.0 Å². The number of ether oxygens (including phenoxy) is 1. The van der Waals surface area contributed by atoms with Crippen LogP contribution >= 0.6 is 0 Å². The number of methoxy groups -OCH3 is 1. The smallest absolute Gasteiger partial charge is 0.320 e. The molecule has 10 nitrogen and oxygen atoms in total. The van der Waals surface area contributed by atoms with E-state index in [1.54, 1.807) is 7.05 Å². The van der Waals surface area contributed by atoms with Crippen molar-refractivity contribution < 1.29 is 28.0 Å². The zero-order valence-electron chi connectivity index (χ0n) is 17.8. The summed E-state index contributed by atoms with van der Waals surface area (Å²) in [5.74, 6) is -0.421. The highest BCUT2D eigenvalue weighted by molar-refractivity contribution is 7.89. The zero-order chi connectivity index (χ0) is 23.3. The molecule has 3 amide bonds. The molecule has 11 heteroatoms. The van der Waals surface area contributed by atoms with Crippen LogP contribution in [0.15, 0.2) is 59.5 Å². The van der Waals surface area contributed by atoms with Gasteiger partial charge >= 0.3 is 6.03 Å². The summed E-state index contributed by atoms with van der Waals surface area (Å²) in [5, 5.41) is 9.19. The Balaban J connectivity index is 1.78. The van der Waals surface area contributed by atoms with E-state index in [1.807, 2.05) is 30.3 Å². The number of carbonyl (C=O) groups is 2. The average Bonchev–Trinajstić information content (AvgIpc) is 2.83. The predicted molar refractivity (Wildman–Crippen MR) is 115 cm³/mol. The highest BCUT2D eigenvalue weighted by atomic mass is 32.2. The van der Waals surface area contributed by atoms with Crippen LogP contribution in [0, 0.1) is 0 Å². The maximum atomic E-state index is 13.2. The number of hydrogen-bond donors (Lipinski definition) is 2. The fourth-order valence-electron chi connectivity index (χ4n) is 3.57. The van der Waals surface area contributed by atoms with E-state index in [-0.39, 0.29) is 30.6 Å². The Hall–Kier alpha value is -3.15. The molecule has 1 aliphatic heterocycles. The number of carbonyl (C=O) groups excluding carboxylic acids is 2. The molecule has 32 heavy (non-hydrogen) atoms. The lowest BCUT2D eigenvalue weighted by Gasteiger charge is -2.40. The second kappa shape index (κ2) is 9.98. The van der Waals surface area contributed by atoms with Crippen LogP contribution < -0.4 is 10.2 Å². The highest BCUT2D eigenvalue weighted by Gasteiger charge is 2.41. The number of sulfonamides is 1. The number of nitrogens with one attached hydrogen (secondary N) is 1. The molecule has 1 heterocycles. The number of rotatable bonds is 6. The number of piperazine rings is 1. The molecule has 0 bridgehead atoms. The van der Waals surface area contributed by atoms with Gasteiger partial charge in [-0.25, -0.2) is 18.7 Å². The van der Waals surface area contributed by atoms with E-state index in [9.17, 15) is 23.2 Å². The maximum Gasteiger partial charge on any atom is 0.320 e. The number of hydrogen-bond acceptors (Lipinski definition) is 6. The Kier molecular flexibility index (Phi) is 7.33. The second-order valence-electron chi connectivity index (χ2n) is 7.35. The van der Waals surface area contributed by atoms with E-state index < -0.39 is 22.0 Å². The molecule has 1 fully saturated rings. The first-order valence-corrected chi connectivity index (χ1v) is 11.4. The lowest BCUT2D eigenvalue weighted by Crippen LogP contribution is -2.62. The van der Waals surface area contributed by atoms with Crippen molar-refractivity contribution >= 4 is 22.0 Å². The Morgan fingerprint density at radius 1 is 1.12 bits per heavy atom. The third-order valence-electron chi connectivity index (χ3n) is 5.27. The van der Waals surface area contributed by atoms with Gasteiger partial charge in [-0.3, -0.25) is 10.0 Å². The number of amides is 3. The fraction of sp³-hybridized carbons (Fsp3) is 0.333. The zero-order valence-corrected chi connectivity index (χ0v) is 18.7. The topological polar surface area (TPSA) is 119 Å². The lowest BCUT2D eigenvalue weighted by atomic mass is 10.2. The standard InChI is InChI=1S/C21H26N4O6S/c1-23(14-16-6-4-3-5-7-16)21(27)24-12-13-25(19(15-24)20(26)22-28)32(29,30)18-10-8-17(31-2)9-11-18/h3-11,19,28H,12-15H2,1-2H3,(H,22,26)/t19-/m1/s1. The van der Waals surface area contributed by atoms with E-state index in [0.29, 0.717) is 12.3 Å². The summed E-state index contributed by atoms with van der Waals surface area (Å²) in [6.07, 6.45) is 0. The first kappa shape index (κ1) is 23.5. The van der Waals surface area contributed by atoms with Crippen molar-refractivity contribution in [2.75, 3.05) is 33.8 Å². The molecule has 0 aromatic heterocycles. The number of urea groups is 1. The van der Waals surface area contributed by atoms with Gasteiger partial charge in [0.15, 0.2) is 0 Å². The molecule has 3 rings (SSSR count). The van der Waals surface area contributed by atoms with Crippen LogP contribution in [0.1, 0.15) is 5.56 Å². The fourth-order valence-corrected chi connectivity index (χ4v) is 5.14. The Bertz CT molecular complexity index is 1050. The molecule has 1 saturated heterocycles. The third kappa shape index (κ3) is 5.01. The number of benzene rings is 2. The SMILES string of the molecule is COc1ccc(S(=O)(=O)N2CCN(C(=O)N(C)Cc3ccccc3)C[C@@H]2C(=O)NO)cc1. The van der Waals surface area contributed by atoms with Gasteiger partial charge in [-0.15, -0.1) is 0 Å². The van der Waals surface area contributed by atoms with Gasteiger partial charge < -0.3 is 14.5 Å². The van der Waals surface area contributed by atoms with Crippen LogP contribution in [0.5, 0.6) is 5.75 Å². The summed E-state index contributed by atoms with van der Waals surface area (Å²) < 4.78 is 32.4. The van der Waals surface area contributed by atoms with E-state index in [2.05, 4.69) is 0 Å². The van der Waals surface area contributed by atoms with Crippen LogP contribution in [-0.4, -0.2) is 79.5 Å². The largest absolute Gasteiger partial charge is 0.497 e. The summed E-state index contributed by atoms with van der Waals surface area (Å²) in [5.41, 5.74) is 2.46. The molecule has 1 aliphatic rings. The van der Waals surface area contributed by atoms with E-state index in [0.717, 1.165) is 9.87 Å². The summed E-state index contributed by atoms with van der Waals surface area (Å²) >= 11 is 0. The van der Waals surface area contributed by atoms with Gasteiger partial charge in [0.1, 0.15) is 11.8 Å². The van der Waals surface area contributed by atoms with Crippen LogP contribution in [0.3, 0.4) is 0 Å². The van der Waals surface area contributed by atoms with Gasteiger partial charge in [0, 0.05) is 33.2 Å². The molecule has 0 saturated carbocycles. The average molecular weight is 463 g/mol. The Morgan fingerprint density at radius 2 is 1.78 bits per heavy atom. The van der Waals surface area contributed by atoms with Crippen molar-refractivity contribution in [2.45, 2.75) is 17.5 Å². The molecule has 2 N–H and O–H groups in total. The van der Waals surface area contributed by atoms with Gasteiger partial charge in [-0.05, 0) is 29.8 Å². The van der Waals surface area contributed by atoms with Crippen LogP contribution in [0.2, 0.25) is 0 Å². The molecular formula is C21H26N4O6S. The van der Waals surface area contributed by atoms with Crippen molar-refractivity contribution in [1.82, 2.24) is 19.6 Å². The van der Waals surface area contributed by atoms with E-state index >= 15 is 0 Å². The minimum Gasteiger partial charge on any atom is -0.497 e. The van der Waals surface area contributed by atoms with Crippen molar-refractivity contribution in [3.8, 4) is 5.75 Å². The maximum absolute atomic E-state index is 13.2. The summed E-state index contributed by atoms with van der Waals surface area (Å²) in [6, 6.07) is 13.6.